The Morgan fingerprint density at radius 3 is 2.38 bits per heavy atom. The molecule has 0 saturated carbocycles. The summed E-state index contributed by atoms with van der Waals surface area (Å²) in [5.41, 5.74) is 3.36. The minimum absolute atomic E-state index is 0.126. The number of nitrogens with zero attached hydrogens (tertiary/aromatic N) is 1. The van der Waals surface area contributed by atoms with Gasteiger partial charge in [0.2, 0.25) is 5.91 Å². The largest absolute Gasteiger partial charge is 0.416 e. The van der Waals surface area contributed by atoms with Gasteiger partial charge in [-0.3, -0.25) is 4.79 Å². The average Bonchev–Trinajstić information content (AvgIpc) is 2.15. The Morgan fingerprint density at radius 2 is 2.00 bits per heavy atom. The van der Waals surface area contributed by atoms with E-state index in [4.69, 9.17) is 11.0 Å². The molecule has 0 saturated heterocycles. The molecule has 0 fully saturated rings. The first-order valence-electron chi connectivity index (χ1n) is 3.88. The molecule has 84 valence electrons. The van der Waals surface area contributed by atoms with E-state index in [1.165, 1.54) is 0 Å². The van der Waals surface area contributed by atoms with Crippen LogP contribution in [0.3, 0.4) is 0 Å². The molecule has 0 bridgehead atoms. The number of carbonyl (C=O) groups excluding carboxylic acids is 1. The van der Waals surface area contributed by atoms with Crippen LogP contribution in [0.4, 0.5) is 13.2 Å². The van der Waals surface area contributed by atoms with Gasteiger partial charge in [0.25, 0.3) is 0 Å². The predicted molar refractivity (Wildman–Crippen MR) is 57.4 cm³/mol. The highest BCUT2D eigenvalue weighted by Crippen LogP contribution is 2.32. The summed E-state index contributed by atoms with van der Waals surface area (Å²) in [7, 11) is 0. The highest BCUT2D eigenvalue weighted by atomic mass is 127. The lowest BCUT2D eigenvalue weighted by atomic mass is 10.1. The highest BCUT2D eigenvalue weighted by molar-refractivity contribution is 14.1. The van der Waals surface area contributed by atoms with E-state index in [-0.39, 0.29) is 14.7 Å². The summed E-state index contributed by atoms with van der Waals surface area (Å²) in [4.78, 5) is 10.9. The third-order valence-corrected chi connectivity index (χ3v) is 2.95. The maximum Gasteiger partial charge on any atom is 0.416 e. The van der Waals surface area contributed by atoms with Gasteiger partial charge >= 0.3 is 6.18 Å². The van der Waals surface area contributed by atoms with Gasteiger partial charge in [0.1, 0.15) is 6.07 Å². The first-order valence-corrected chi connectivity index (χ1v) is 4.96. The van der Waals surface area contributed by atoms with Crippen molar-refractivity contribution in [1.82, 2.24) is 0 Å². The van der Waals surface area contributed by atoms with Crippen molar-refractivity contribution in [3.63, 3.8) is 0 Å². The van der Waals surface area contributed by atoms with Gasteiger partial charge in [-0.2, -0.15) is 18.4 Å². The van der Waals surface area contributed by atoms with Crippen molar-refractivity contribution in [2.45, 2.75) is 6.18 Å². The monoisotopic (exact) mass is 340 g/mol. The van der Waals surface area contributed by atoms with Crippen LogP contribution < -0.4 is 5.73 Å². The highest BCUT2D eigenvalue weighted by Gasteiger charge is 2.32. The van der Waals surface area contributed by atoms with E-state index in [1.807, 2.05) is 0 Å². The van der Waals surface area contributed by atoms with Gasteiger partial charge in [-0.05, 0) is 34.7 Å². The summed E-state index contributed by atoms with van der Waals surface area (Å²) in [5.74, 6) is -0.994. The Kier molecular flexibility index (Phi) is 3.42. The molecule has 0 unspecified atom stereocenters. The number of hydrogen-bond donors (Lipinski definition) is 1. The lowest BCUT2D eigenvalue weighted by Crippen LogP contribution is -2.16. The Balaban J connectivity index is 3.54. The molecule has 1 rings (SSSR count). The Labute approximate surface area is 102 Å². The molecule has 16 heavy (non-hydrogen) atoms. The quantitative estimate of drug-likeness (QED) is 0.797. The van der Waals surface area contributed by atoms with Crippen LogP contribution >= 0.6 is 22.6 Å². The van der Waals surface area contributed by atoms with Gasteiger partial charge in [0, 0.05) is 3.57 Å². The zero-order valence-electron chi connectivity index (χ0n) is 7.60. The Morgan fingerprint density at radius 1 is 1.44 bits per heavy atom. The first-order chi connectivity index (χ1) is 7.27. The van der Waals surface area contributed by atoms with Crippen molar-refractivity contribution >= 4 is 28.5 Å². The fourth-order valence-electron chi connectivity index (χ4n) is 1.05. The number of halogens is 4. The van der Waals surface area contributed by atoms with E-state index in [9.17, 15) is 18.0 Å². The topological polar surface area (TPSA) is 66.9 Å². The molecule has 0 spiro atoms. The maximum atomic E-state index is 12.4. The molecule has 0 heterocycles. The van der Waals surface area contributed by atoms with Gasteiger partial charge in [0.15, 0.2) is 0 Å². The lowest BCUT2D eigenvalue weighted by molar-refractivity contribution is -0.137. The number of nitriles is 1. The lowest BCUT2D eigenvalue weighted by Gasteiger charge is -2.10. The van der Waals surface area contributed by atoms with E-state index < -0.39 is 17.6 Å². The van der Waals surface area contributed by atoms with Gasteiger partial charge in [-0.15, -0.1) is 0 Å². The van der Waals surface area contributed by atoms with Crippen LogP contribution in [0.5, 0.6) is 0 Å². The molecule has 0 aliphatic rings. The smallest absolute Gasteiger partial charge is 0.366 e. The normalized spacial score (nSPS) is 10.9. The molecule has 0 atom stereocenters. The molecule has 0 aliphatic carbocycles. The number of amides is 1. The summed E-state index contributed by atoms with van der Waals surface area (Å²) in [6.07, 6.45) is -4.61. The van der Waals surface area contributed by atoms with Crippen molar-refractivity contribution in [2.24, 2.45) is 5.73 Å². The number of nitrogens with two attached hydrogens (primary N) is 1. The SMILES string of the molecule is N#Cc1cc(C(F)(F)F)cc(C(N)=O)c1I. The fourth-order valence-corrected chi connectivity index (χ4v) is 1.75. The standard InChI is InChI=1S/C9H4F3IN2O/c10-9(11,12)5-1-4(3-14)7(13)6(2-5)8(15)16/h1-2H,(H2,15,16). The van der Waals surface area contributed by atoms with Crippen LogP contribution in [-0.4, -0.2) is 5.91 Å². The molecule has 7 heteroatoms. The minimum Gasteiger partial charge on any atom is -0.366 e. The van der Waals surface area contributed by atoms with Crippen molar-refractivity contribution in [1.29, 1.82) is 5.26 Å². The molecular weight excluding hydrogens is 336 g/mol. The average molecular weight is 340 g/mol. The molecule has 0 aliphatic heterocycles. The molecule has 0 aromatic heterocycles. The van der Waals surface area contributed by atoms with Crippen LogP contribution in [0.2, 0.25) is 0 Å². The van der Waals surface area contributed by atoms with E-state index in [2.05, 4.69) is 0 Å². The molecule has 1 aromatic carbocycles. The molecule has 2 N–H and O–H groups in total. The molecule has 1 amide bonds. The summed E-state index contributed by atoms with van der Waals surface area (Å²) >= 11 is 1.61. The van der Waals surface area contributed by atoms with Crippen LogP contribution in [0.15, 0.2) is 12.1 Å². The number of hydrogen-bond acceptors (Lipinski definition) is 2. The number of benzene rings is 1. The summed E-state index contributed by atoms with van der Waals surface area (Å²) in [6, 6.07) is 2.92. The summed E-state index contributed by atoms with van der Waals surface area (Å²) < 4.78 is 37.4. The van der Waals surface area contributed by atoms with Crippen LogP contribution in [0.25, 0.3) is 0 Å². The second-order valence-electron chi connectivity index (χ2n) is 2.86. The number of carbonyl (C=O) groups is 1. The third-order valence-electron chi connectivity index (χ3n) is 1.79. The molecule has 3 nitrogen and oxygen atoms in total. The fraction of sp³-hybridized carbons (Fsp3) is 0.111. The van der Waals surface area contributed by atoms with Gasteiger partial charge in [-0.1, -0.05) is 0 Å². The zero-order valence-corrected chi connectivity index (χ0v) is 9.76. The first kappa shape index (κ1) is 12.8. The van der Waals surface area contributed by atoms with Crippen LogP contribution in [0, 0.1) is 14.9 Å². The van der Waals surface area contributed by atoms with E-state index in [0.29, 0.717) is 12.1 Å². The number of alkyl halides is 3. The van der Waals surface area contributed by atoms with E-state index in [1.54, 1.807) is 28.7 Å². The molecule has 1 aromatic rings. The van der Waals surface area contributed by atoms with Crippen LogP contribution in [-0.2, 0) is 6.18 Å². The van der Waals surface area contributed by atoms with Gasteiger partial charge < -0.3 is 5.73 Å². The molecular formula is C9H4F3IN2O. The summed E-state index contributed by atoms with van der Waals surface area (Å²) in [6.45, 7) is 0. The van der Waals surface area contributed by atoms with Crippen molar-refractivity contribution < 1.29 is 18.0 Å². The Bertz CT molecular complexity index is 491. The number of primary amides is 1. The molecule has 0 radical (unpaired) electrons. The van der Waals surface area contributed by atoms with E-state index in [0.717, 1.165) is 0 Å². The van der Waals surface area contributed by atoms with Crippen molar-refractivity contribution in [2.75, 3.05) is 0 Å². The number of rotatable bonds is 1. The van der Waals surface area contributed by atoms with Gasteiger partial charge in [0.05, 0.1) is 16.7 Å². The van der Waals surface area contributed by atoms with Crippen LogP contribution in [0.1, 0.15) is 21.5 Å². The predicted octanol–water partition coefficient (Wildman–Crippen LogP) is 2.28. The minimum atomic E-state index is -4.61. The maximum absolute atomic E-state index is 12.4. The Hall–Kier alpha value is -1.30. The van der Waals surface area contributed by atoms with Gasteiger partial charge in [-0.25, -0.2) is 0 Å². The third kappa shape index (κ3) is 2.44. The van der Waals surface area contributed by atoms with Crippen molar-refractivity contribution in [3.8, 4) is 6.07 Å². The second-order valence-corrected chi connectivity index (χ2v) is 3.94. The van der Waals surface area contributed by atoms with E-state index >= 15 is 0 Å². The zero-order chi connectivity index (χ0) is 12.5. The second kappa shape index (κ2) is 4.29. The van der Waals surface area contributed by atoms with Crippen molar-refractivity contribution in [3.05, 3.63) is 32.4 Å². The summed E-state index contributed by atoms with van der Waals surface area (Å²) in [5, 5.41) is 8.64.